The number of carbonyl (C=O) groups excluding carboxylic acids is 2. The second kappa shape index (κ2) is 8.47. The van der Waals surface area contributed by atoms with E-state index in [1.54, 1.807) is 0 Å². The van der Waals surface area contributed by atoms with Gasteiger partial charge < -0.3 is 15.7 Å². The minimum atomic E-state index is -1.02. The SMILES string of the molecule is O=C(O)Cn1ccc(NC(=O)CCNC(=O)Cc2ccccc2)n1. The van der Waals surface area contributed by atoms with Crippen LogP contribution in [-0.4, -0.2) is 39.2 Å². The lowest BCUT2D eigenvalue weighted by Crippen LogP contribution is -2.29. The second-order valence-corrected chi connectivity index (χ2v) is 5.10. The van der Waals surface area contributed by atoms with Crippen LogP contribution in [0.4, 0.5) is 5.82 Å². The number of hydrogen-bond acceptors (Lipinski definition) is 4. The number of aliphatic carboxylic acids is 1. The standard InChI is InChI=1S/C16H18N4O4/c21-14(18-13-7-9-20(19-13)11-16(23)24)6-8-17-15(22)10-12-4-2-1-3-5-12/h1-5,7,9H,6,8,10-11H2,(H,17,22)(H,23,24)(H,18,19,21). The van der Waals surface area contributed by atoms with E-state index in [1.165, 1.54) is 16.9 Å². The minimum absolute atomic E-state index is 0.103. The number of aromatic nitrogens is 2. The fourth-order valence-corrected chi connectivity index (χ4v) is 2.02. The number of carboxylic acids is 1. The molecule has 3 N–H and O–H groups in total. The maximum Gasteiger partial charge on any atom is 0.325 e. The molecule has 2 aromatic rings. The minimum Gasteiger partial charge on any atom is -0.480 e. The summed E-state index contributed by atoms with van der Waals surface area (Å²) in [6.45, 7) is -0.0568. The monoisotopic (exact) mass is 330 g/mol. The van der Waals surface area contributed by atoms with E-state index in [-0.39, 0.29) is 43.6 Å². The number of hydrogen-bond donors (Lipinski definition) is 3. The number of carbonyl (C=O) groups is 3. The van der Waals surface area contributed by atoms with Crippen molar-refractivity contribution < 1.29 is 19.5 Å². The fourth-order valence-electron chi connectivity index (χ4n) is 2.02. The smallest absolute Gasteiger partial charge is 0.325 e. The molecule has 8 heteroatoms. The summed E-state index contributed by atoms with van der Waals surface area (Å²) in [5, 5.41) is 17.8. The van der Waals surface area contributed by atoms with Crippen molar-refractivity contribution in [3.63, 3.8) is 0 Å². The van der Waals surface area contributed by atoms with Gasteiger partial charge >= 0.3 is 5.97 Å². The van der Waals surface area contributed by atoms with Crippen LogP contribution in [0.1, 0.15) is 12.0 Å². The van der Waals surface area contributed by atoms with E-state index in [0.29, 0.717) is 0 Å². The van der Waals surface area contributed by atoms with Crippen LogP contribution in [-0.2, 0) is 27.3 Å². The molecule has 0 aliphatic heterocycles. The molecule has 0 atom stereocenters. The molecule has 1 aromatic heterocycles. The molecule has 0 unspecified atom stereocenters. The largest absolute Gasteiger partial charge is 0.480 e. The van der Waals surface area contributed by atoms with Crippen LogP contribution in [0, 0.1) is 0 Å². The van der Waals surface area contributed by atoms with Gasteiger partial charge in [-0.25, -0.2) is 0 Å². The third-order valence-electron chi connectivity index (χ3n) is 3.09. The molecule has 1 aromatic carbocycles. The average Bonchev–Trinajstić information content (AvgIpc) is 2.94. The summed E-state index contributed by atoms with van der Waals surface area (Å²) in [6.07, 6.45) is 1.83. The first-order valence-electron chi connectivity index (χ1n) is 7.38. The van der Waals surface area contributed by atoms with E-state index in [0.717, 1.165) is 5.56 Å². The zero-order valence-corrected chi connectivity index (χ0v) is 12.9. The van der Waals surface area contributed by atoms with Crippen LogP contribution < -0.4 is 10.6 Å². The third-order valence-corrected chi connectivity index (χ3v) is 3.09. The number of carboxylic acid groups (broad SMARTS) is 1. The normalized spacial score (nSPS) is 10.2. The first-order chi connectivity index (χ1) is 11.5. The maximum atomic E-state index is 11.8. The third kappa shape index (κ3) is 5.91. The van der Waals surface area contributed by atoms with Gasteiger partial charge in [-0.3, -0.25) is 19.1 Å². The molecule has 1 heterocycles. The Morgan fingerprint density at radius 2 is 1.83 bits per heavy atom. The molecule has 0 aliphatic rings. The van der Waals surface area contributed by atoms with Gasteiger partial charge in [0.05, 0.1) is 6.42 Å². The Morgan fingerprint density at radius 1 is 1.08 bits per heavy atom. The van der Waals surface area contributed by atoms with E-state index in [2.05, 4.69) is 15.7 Å². The average molecular weight is 330 g/mol. The summed E-state index contributed by atoms with van der Waals surface area (Å²) in [6, 6.07) is 10.8. The van der Waals surface area contributed by atoms with E-state index < -0.39 is 5.97 Å². The number of nitrogens with zero attached hydrogens (tertiary/aromatic N) is 2. The number of anilines is 1. The van der Waals surface area contributed by atoms with E-state index in [4.69, 9.17) is 5.11 Å². The Kier molecular flexibility index (Phi) is 6.07. The molecular formula is C16H18N4O4. The Labute approximate surface area is 138 Å². The van der Waals surface area contributed by atoms with Gasteiger partial charge in [-0.2, -0.15) is 5.10 Å². The molecule has 2 amide bonds. The van der Waals surface area contributed by atoms with Crippen LogP contribution in [0.2, 0.25) is 0 Å². The maximum absolute atomic E-state index is 11.8. The molecule has 126 valence electrons. The van der Waals surface area contributed by atoms with Crippen molar-refractivity contribution >= 4 is 23.6 Å². The molecule has 0 saturated heterocycles. The van der Waals surface area contributed by atoms with E-state index >= 15 is 0 Å². The van der Waals surface area contributed by atoms with Crippen molar-refractivity contribution in [3.05, 3.63) is 48.2 Å². The number of rotatable bonds is 8. The van der Waals surface area contributed by atoms with Gasteiger partial charge in [0.1, 0.15) is 6.54 Å². The summed E-state index contributed by atoms with van der Waals surface area (Å²) in [5.74, 6) is -1.20. The number of benzene rings is 1. The molecule has 0 saturated carbocycles. The zero-order valence-electron chi connectivity index (χ0n) is 12.9. The summed E-state index contributed by atoms with van der Waals surface area (Å²) in [5.41, 5.74) is 0.906. The summed E-state index contributed by atoms with van der Waals surface area (Å²) < 4.78 is 1.21. The first-order valence-corrected chi connectivity index (χ1v) is 7.38. The van der Waals surface area contributed by atoms with Crippen molar-refractivity contribution in [3.8, 4) is 0 Å². The molecule has 0 aliphatic carbocycles. The fraction of sp³-hybridized carbons (Fsp3) is 0.250. The van der Waals surface area contributed by atoms with Crippen molar-refractivity contribution in [2.75, 3.05) is 11.9 Å². The van der Waals surface area contributed by atoms with Crippen molar-refractivity contribution in [2.45, 2.75) is 19.4 Å². The Hall–Kier alpha value is -3.16. The van der Waals surface area contributed by atoms with Crippen LogP contribution in [0.15, 0.2) is 42.6 Å². The highest BCUT2D eigenvalue weighted by molar-refractivity contribution is 5.90. The van der Waals surface area contributed by atoms with Gasteiger partial charge in [0.2, 0.25) is 11.8 Å². The van der Waals surface area contributed by atoms with Gasteiger partial charge in [0.15, 0.2) is 5.82 Å². The zero-order chi connectivity index (χ0) is 17.4. The molecule has 0 spiro atoms. The predicted octanol–water partition coefficient (Wildman–Crippen LogP) is 0.655. The van der Waals surface area contributed by atoms with Gasteiger partial charge in [-0.05, 0) is 5.56 Å². The second-order valence-electron chi connectivity index (χ2n) is 5.10. The van der Waals surface area contributed by atoms with E-state index in [1.807, 2.05) is 30.3 Å². The molecule has 2 rings (SSSR count). The summed E-state index contributed by atoms with van der Waals surface area (Å²) in [7, 11) is 0. The molecule has 0 radical (unpaired) electrons. The topological polar surface area (TPSA) is 113 Å². The highest BCUT2D eigenvalue weighted by atomic mass is 16.4. The summed E-state index contributed by atoms with van der Waals surface area (Å²) >= 11 is 0. The van der Waals surface area contributed by atoms with Gasteiger partial charge in [0, 0.05) is 25.2 Å². The Balaban J connectivity index is 1.68. The molecule has 24 heavy (non-hydrogen) atoms. The molecule has 8 nitrogen and oxygen atoms in total. The van der Waals surface area contributed by atoms with Crippen molar-refractivity contribution in [1.29, 1.82) is 0 Å². The number of nitrogens with one attached hydrogen (secondary N) is 2. The Morgan fingerprint density at radius 3 is 2.54 bits per heavy atom. The summed E-state index contributed by atoms with van der Waals surface area (Å²) in [4.78, 5) is 34.0. The highest BCUT2D eigenvalue weighted by Gasteiger charge is 2.08. The number of amides is 2. The molecule has 0 bridgehead atoms. The Bertz CT molecular complexity index is 712. The molecule has 0 fully saturated rings. The van der Waals surface area contributed by atoms with E-state index in [9.17, 15) is 14.4 Å². The van der Waals surface area contributed by atoms with Gasteiger partial charge in [-0.1, -0.05) is 30.3 Å². The van der Waals surface area contributed by atoms with Crippen LogP contribution in [0.25, 0.3) is 0 Å². The van der Waals surface area contributed by atoms with Gasteiger partial charge in [0.25, 0.3) is 0 Å². The lowest BCUT2D eigenvalue weighted by molar-refractivity contribution is -0.137. The lowest BCUT2D eigenvalue weighted by Gasteiger charge is -2.05. The predicted molar refractivity (Wildman–Crippen MR) is 86.3 cm³/mol. The van der Waals surface area contributed by atoms with Crippen LogP contribution in [0.5, 0.6) is 0 Å². The van der Waals surface area contributed by atoms with Crippen LogP contribution in [0.3, 0.4) is 0 Å². The van der Waals surface area contributed by atoms with Gasteiger partial charge in [-0.15, -0.1) is 0 Å². The van der Waals surface area contributed by atoms with Crippen molar-refractivity contribution in [2.24, 2.45) is 0 Å². The molecular weight excluding hydrogens is 312 g/mol. The first kappa shape index (κ1) is 17.2. The highest BCUT2D eigenvalue weighted by Crippen LogP contribution is 2.03. The lowest BCUT2D eigenvalue weighted by atomic mass is 10.1. The quantitative estimate of drug-likeness (QED) is 0.658. The van der Waals surface area contributed by atoms with Crippen molar-refractivity contribution in [1.82, 2.24) is 15.1 Å². The van der Waals surface area contributed by atoms with Crippen LogP contribution >= 0.6 is 0 Å².